The van der Waals surface area contributed by atoms with E-state index in [0.717, 1.165) is 32.4 Å². The van der Waals surface area contributed by atoms with Crippen LogP contribution in [0.2, 0.25) is 0 Å². The van der Waals surface area contributed by atoms with Crippen LogP contribution < -0.4 is 10.6 Å². The molecule has 20 heavy (non-hydrogen) atoms. The zero-order valence-electron chi connectivity index (χ0n) is 11.9. The first kappa shape index (κ1) is 15.0. The van der Waals surface area contributed by atoms with E-state index < -0.39 is 0 Å². The lowest BCUT2D eigenvalue weighted by Crippen LogP contribution is -2.34. The average molecular weight is 276 g/mol. The molecular formula is C16H24N2O2. The van der Waals surface area contributed by atoms with Gasteiger partial charge in [0, 0.05) is 13.0 Å². The number of nitrogens with one attached hydrogen (secondary N) is 2. The predicted molar refractivity (Wildman–Crippen MR) is 79.6 cm³/mol. The Labute approximate surface area is 120 Å². The van der Waals surface area contributed by atoms with Crippen LogP contribution in [0.3, 0.4) is 0 Å². The van der Waals surface area contributed by atoms with Crippen LogP contribution in [0, 0.1) is 0 Å². The molecular weight excluding hydrogens is 252 g/mol. The van der Waals surface area contributed by atoms with Crippen molar-refractivity contribution in [3.8, 4) is 0 Å². The van der Waals surface area contributed by atoms with Gasteiger partial charge in [0.2, 0.25) is 5.91 Å². The van der Waals surface area contributed by atoms with Gasteiger partial charge in [-0.05, 0) is 37.9 Å². The Balaban J connectivity index is 1.51. The van der Waals surface area contributed by atoms with Crippen LogP contribution in [0.4, 0.5) is 0 Å². The van der Waals surface area contributed by atoms with Crippen molar-refractivity contribution in [2.24, 2.45) is 0 Å². The molecule has 0 aromatic heterocycles. The summed E-state index contributed by atoms with van der Waals surface area (Å²) in [6.07, 6.45) is 3.83. The zero-order chi connectivity index (χ0) is 14.0. The summed E-state index contributed by atoms with van der Waals surface area (Å²) in [4.78, 5) is 11.7. The van der Waals surface area contributed by atoms with Crippen LogP contribution >= 0.6 is 0 Å². The van der Waals surface area contributed by atoms with Crippen LogP contribution in [0.25, 0.3) is 0 Å². The second kappa shape index (κ2) is 8.72. The van der Waals surface area contributed by atoms with Crippen molar-refractivity contribution < 1.29 is 9.53 Å². The Morgan fingerprint density at radius 2 is 2.00 bits per heavy atom. The predicted octanol–water partition coefficient (Wildman–Crippen LogP) is 1.50. The van der Waals surface area contributed by atoms with Gasteiger partial charge in [0.1, 0.15) is 0 Å². The molecule has 0 atom stereocenters. The van der Waals surface area contributed by atoms with E-state index in [1.54, 1.807) is 0 Å². The highest BCUT2D eigenvalue weighted by molar-refractivity contribution is 5.76. The molecule has 1 aliphatic heterocycles. The molecule has 1 aromatic rings. The highest BCUT2D eigenvalue weighted by atomic mass is 16.5. The molecule has 0 aliphatic carbocycles. The van der Waals surface area contributed by atoms with Crippen LogP contribution in [-0.2, 0) is 16.0 Å². The molecule has 0 saturated carbocycles. The van der Waals surface area contributed by atoms with E-state index in [1.807, 2.05) is 30.3 Å². The van der Waals surface area contributed by atoms with Gasteiger partial charge in [-0.3, -0.25) is 4.79 Å². The van der Waals surface area contributed by atoms with Gasteiger partial charge < -0.3 is 15.4 Å². The molecule has 1 saturated heterocycles. The Hall–Kier alpha value is -1.39. The molecule has 0 bridgehead atoms. The van der Waals surface area contributed by atoms with Crippen LogP contribution in [0.5, 0.6) is 0 Å². The molecule has 110 valence electrons. The third-order valence-electron chi connectivity index (χ3n) is 3.55. The van der Waals surface area contributed by atoms with E-state index in [-0.39, 0.29) is 5.91 Å². The molecule has 2 N–H and O–H groups in total. The number of hydrogen-bond donors (Lipinski definition) is 2. The van der Waals surface area contributed by atoms with Crippen LogP contribution in [-0.4, -0.2) is 38.3 Å². The lowest BCUT2D eigenvalue weighted by Gasteiger charge is -2.22. The average Bonchev–Trinajstić information content (AvgIpc) is 2.52. The van der Waals surface area contributed by atoms with Gasteiger partial charge in [-0.25, -0.2) is 0 Å². The largest absolute Gasteiger partial charge is 0.376 e. The van der Waals surface area contributed by atoms with E-state index in [9.17, 15) is 4.79 Å². The first-order valence-electron chi connectivity index (χ1n) is 7.47. The van der Waals surface area contributed by atoms with Gasteiger partial charge in [-0.2, -0.15) is 0 Å². The lowest BCUT2D eigenvalue weighted by atomic mass is 10.1. The van der Waals surface area contributed by atoms with Gasteiger partial charge in [0.25, 0.3) is 0 Å². The molecule has 1 amide bonds. The molecule has 1 heterocycles. The Morgan fingerprint density at radius 3 is 2.75 bits per heavy atom. The normalized spacial score (nSPS) is 16.0. The summed E-state index contributed by atoms with van der Waals surface area (Å²) in [6.45, 7) is 3.29. The van der Waals surface area contributed by atoms with Crippen molar-refractivity contribution in [3.05, 3.63) is 35.9 Å². The summed E-state index contributed by atoms with van der Waals surface area (Å²) in [6, 6.07) is 10.1. The summed E-state index contributed by atoms with van der Waals surface area (Å²) < 4.78 is 5.74. The summed E-state index contributed by atoms with van der Waals surface area (Å²) in [7, 11) is 0. The Morgan fingerprint density at radius 1 is 1.25 bits per heavy atom. The summed E-state index contributed by atoms with van der Waals surface area (Å²) in [5, 5.41) is 6.22. The molecule has 0 radical (unpaired) electrons. The van der Waals surface area contributed by atoms with Gasteiger partial charge in [0.05, 0.1) is 12.7 Å². The number of benzene rings is 1. The minimum absolute atomic E-state index is 0.0998. The number of carbonyl (C=O) groups is 1. The van der Waals surface area contributed by atoms with E-state index >= 15 is 0 Å². The standard InChI is InChI=1S/C16H24N2O2/c19-16(7-6-14-4-2-1-3-5-14)18-12-13-20-15-8-10-17-11-9-15/h1-5,15,17H,6-13H2,(H,18,19). The fraction of sp³-hybridized carbons (Fsp3) is 0.562. The molecule has 4 heteroatoms. The number of aryl methyl sites for hydroxylation is 1. The minimum atomic E-state index is 0.0998. The smallest absolute Gasteiger partial charge is 0.220 e. The van der Waals surface area contributed by atoms with Crippen LogP contribution in [0.1, 0.15) is 24.8 Å². The molecule has 0 spiro atoms. The number of hydrogen-bond acceptors (Lipinski definition) is 3. The Bertz CT molecular complexity index is 389. The number of rotatable bonds is 7. The topological polar surface area (TPSA) is 50.4 Å². The minimum Gasteiger partial charge on any atom is -0.376 e. The second-order valence-electron chi connectivity index (χ2n) is 5.16. The number of carbonyl (C=O) groups excluding carboxylic acids is 1. The first-order chi connectivity index (χ1) is 9.84. The van der Waals surface area contributed by atoms with Gasteiger partial charge >= 0.3 is 0 Å². The second-order valence-corrected chi connectivity index (χ2v) is 5.16. The number of piperidine rings is 1. The van der Waals surface area contributed by atoms with Gasteiger partial charge in [0.15, 0.2) is 0 Å². The van der Waals surface area contributed by atoms with E-state index in [0.29, 0.717) is 25.7 Å². The van der Waals surface area contributed by atoms with Gasteiger partial charge in [-0.1, -0.05) is 30.3 Å². The molecule has 1 fully saturated rings. The number of ether oxygens (including phenoxy) is 1. The molecule has 2 rings (SSSR count). The van der Waals surface area contributed by atoms with E-state index in [1.165, 1.54) is 5.56 Å². The molecule has 0 unspecified atom stereocenters. The zero-order valence-corrected chi connectivity index (χ0v) is 11.9. The molecule has 4 nitrogen and oxygen atoms in total. The molecule has 1 aliphatic rings. The highest BCUT2D eigenvalue weighted by Crippen LogP contribution is 2.06. The quantitative estimate of drug-likeness (QED) is 0.742. The highest BCUT2D eigenvalue weighted by Gasteiger charge is 2.12. The number of amides is 1. The summed E-state index contributed by atoms with van der Waals surface area (Å²) in [5.74, 6) is 0.0998. The first-order valence-corrected chi connectivity index (χ1v) is 7.47. The van der Waals surface area contributed by atoms with Crippen molar-refractivity contribution in [2.75, 3.05) is 26.2 Å². The maximum Gasteiger partial charge on any atom is 0.220 e. The third kappa shape index (κ3) is 5.72. The summed E-state index contributed by atoms with van der Waals surface area (Å²) >= 11 is 0. The van der Waals surface area contributed by atoms with Crippen molar-refractivity contribution in [1.82, 2.24) is 10.6 Å². The third-order valence-corrected chi connectivity index (χ3v) is 3.55. The van der Waals surface area contributed by atoms with E-state index in [2.05, 4.69) is 10.6 Å². The summed E-state index contributed by atoms with van der Waals surface area (Å²) in [5.41, 5.74) is 1.20. The monoisotopic (exact) mass is 276 g/mol. The lowest BCUT2D eigenvalue weighted by molar-refractivity contribution is -0.121. The van der Waals surface area contributed by atoms with E-state index in [4.69, 9.17) is 4.74 Å². The van der Waals surface area contributed by atoms with Crippen molar-refractivity contribution in [3.63, 3.8) is 0 Å². The molecule has 1 aromatic carbocycles. The Kier molecular flexibility index (Phi) is 6.54. The SMILES string of the molecule is O=C(CCc1ccccc1)NCCOC1CCNCC1. The van der Waals surface area contributed by atoms with Crippen molar-refractivity contribution in [2.45, 2.75) is 31.8 Å². The van der Waals surface area contributed by atoms with Gasteiger partial charge in [-0.15, -0.1) is 0 Å². The fourth-order valence-corrected chi connectivity index (χ4v) is 2.37. The van der Waals surface area contributed by atoms with Crippen molar-refractivity contribution in [1.29, 1.82) is 0 Å². The maximum absolute atomic E-state index is 11.7. The van der Waals surface area contributed by atoms with Crippen molar-refractivity contribution >= 4 is 5.91 Å². The van der Waals surface area contributed by atoms with Crippen LogP contribution in [0.15, 0.2) is 30.3 Å². The maximum atomic E-state index is 11.7. The fourth-order valence-electron chi connectivity index (χ4n) is 2.37.